The van der Waals surface area contributed by atoms with Gasteiger partial charge in [0.25, 0.3) is 21.9 Å². The lowest BCUT2D eigenvalue weighted by Crippen LogP contribution is -2.42. The average Bonchev–Trinajstić information content (AvgIpc) is 3.37. The second-order valence-corrected chi connectivity index (χ2v) is 12.0. The lowest BCUT2D eigenvalue weighted by Gasteiger charge is -2.20. The van der Waals surface area contributed by atoms with Gasteiger partial charge in [-0.1, -0.05) is 109 Å². The zero-order chi connectivity index (χ0) is 27.5. The number of benzene rings is 1. The van der Waals surface area contributed by atoms with Gasteiger partial charge in [0.15, 0.2) is 5.82 Å². The number of aromatic amines is 1. The molecule has 0 spiro atoms. The first kappa shape index (κ1) is 30.2. The van der Waals surface area contributed by atoms with Crippen molar-refractivity contribution in [1.29, 1.82) is 0 Å². The molecule has 2 N–H and O–H groups in total. The minimum atomic E-state index is -4.58. The average molecular weight is 565 g/mol. The summed E-state index contributed by atoms with van der Waals surface area (Å²) in [6.45, 7) is 2.24. The summed E-state index contributed by atoms with van der Waals surface area (Å²) >= 11 is 5.24. The van der Waals surface area contributed by atoms with Gasteiger partial charge in [0.05, 0.1) is 11.1 Å². The number of hydrogen-bond donors (Lipinski definition) is 2. The maximum Gasteiger partial charge on any atom is 0.281 e. The Labute approximate surface area is 230 Å². The lowest BCUT2D eigenvalue weighted by atomic mass is 10.0. The van der Waals surface area contributed by atoms with Crippen molar-refractivity contribution in [3.63, 3.8) is 0 Å². The quantitative estimate of drug-likeness (QED) is 0.0896. The number of rotatable bonds is 18. The van der Waals surface area contributed by atoms with Crippen LogP contribution in [-0.2, 0) is 10.1 Å². The summed E-state index contributed by atoms with van der Waals surface area (Å²) in [5.41, 5.74) is 0.392. The summed E-state index contributed by atoms with van der Waals surface area (Å²) in [5.74, 6) is -1.44. The van der Waals surface area contributed by atoms with E-state index in [1.807, 2.05) is 0 Å². The van der Waals surface area contributed by atoms with Crippen molar-refractivity contribution in [2.24, 2.45) is 0 Å². The summed E-state index contributed by atoms with van der Waals surface area (Å²) in [6.07, 6.45) is 16.4. The highest BCUT2D eigenvalue weighted by Crippen LogP contribution is 2.29. The van der Waals surface area contributed by atoms with Crippen LogP contribution in [-0.4, -0.2) is 39.7 Å². The molecule has 0 saturated carbocycles. The Morgan fingerprint density at radius 1 is 0.842 bits per heavy atom. The van der Waals surface area contributed by atoms with Gasteiger partial charge >= 0.3 is 0 Å². The smallest absolute Gasteiger partial charge is 0.281 e. The minimum absolute atomic E-state index is 0.0969. The molecule has 11 heteroatoms. The van der Waals surface area contributed by atoms with E-state index in [1.165, 1.54) is 69.9 Å². The first-order valence-corrected chi connectivity index (χ1v) is 15.8. The zero-order valence-electron chi connectivity index (χ0n) is 22.2. The van der Waals surface area contributed by atoms with E-state index in [9.17, 15) is 22.6 Å². The topological polar surface area (TPSA) is 125 Å². The largest absolute Gasteiger partial charge is 0.285 e. The molecule has 0 bridgehead atoms. The molecule has 1 aliphatic rings. The molecule has 0 saturated heterocycles. The monoisotopic (exact) mass is 564 g/mol. The zero-order valence-corrected chi connectivity index (χ0v) is 23.9. The van der Waals surface area contributed by atoms with Gasteiger partial charge in [-0.3, -0.25) is 19.2 Å². The van der Waals surface area contributed by atoms with E-state index in [4.69, 9.17) is 12.2 Å². The number of unbranched alkanes of at least 4 members (excludes halogenated alkanes) is 13. The fraction of sp³-hybridized carbons (Fsp3) is 0.630. The number of nitrogens with zero attached hydrogens (tertiary/aromatic N) is 3. The lowest BCUT2D eigenvalue weighted by molar-refractivity contribution is 0.0883. The van der Waals surface area contributed by atoms with Crippen LogP contribution in [0.1, 0.15) is 135 Å². The molecule has 1 atom stereocenters. The molecule has 9 nitrogen and oxygen atoms in total. The van der Waals surface area contributed by atoms with E-state index in [1.54, 1.807) is 12.1 Å². The van der Waals surface area contributed by atoms with Gasteiger partial charge in [-0.2, -0.15) is 23.2 Å². The second kappa shape index (κ2) is 14.7. The van der Waals surface area contributed by atoms with Crippen molar-refractivity contribution in [2.45, 2.75) is 108 Å². The molecule has 0 radical (unpaired) electrons. The Balaban J connectivity index is 1.49. The predicted octanol–water partition coefficient (Wildman–Crippen LogP) is 6.67. The molecule has 0 aliphatic carbocycles. The molecule has 1 aromatic heterocycles. The molecule has 1 aromatic carbocycles. The number of amides is 2. The fourth-order valence-electron chi connectivity index (χ4n) is 5.00. The molecule has 2 amide bonds. The molecule has 210 valence electrons. The number of imide groups is 1. The van der Waals surface area contributed by atoms with E-state index in [0.717, 1.165) is 35.4 Å². The van der Waals surface area contributed by atoms with Crippen LogP contribution in [0.3, 0.4) is 0 Å². The fourth-order valence-corrected chi connectivity index (χ4v) is 6.10. The van der Waals surface area contributed by atoms with Gasteiger partial charge in [-0.05, 0) is 30.8 Å². The van der Waals surface area contributed by atoms with Crippen LogP contribution in [0.15, 0.2) is 24.3 Å². The Morgan fingerprint density at radius 2 is 1.29 bits per heavy atom. The van der Waals surface area contributed by atoms with E-state index in [-0.39, 0.29) is 28.1 Å². The summed E-state index contributed by atoms with van der Waals surface area (Å²) in [4.78, 5) is 25.9. The van der Waals surface area contributed by atoms with E-state index in [2.05, 4.69) is 17.1 Å². The number of carbonyl (C=O) groups is 2. The van der Waals surface area contributed by atoms with Gasteiger partial charge < -0.3 is 0 Å². The number of hydrogen-bond acceptors (Lipinski definition) is 6. The van der Waals surface area contributed by atoms with Crippen molar-refractivity contribution < 1.29 is 22.6 Å². The summed E-state index contributed by atoms with van der Waals surface area (Å²) in [6, 6.07) is 6.32. The van der Waals surface area contributed by atoms with Crippen LogP contribution in [0.4, 0.5) is 0 Å². The number of nitrogens with one attached hydrogen (secondary N) is 1. The third-order valence-electron chi connectivity index (χ3n) is 7.12. The molecule has 0 fully saturated rings. The Bertz CT molecular complexity index is 1200. The third kappa shape index (κ3) is 7.83. The van der Waals surface area contributed by atoms with Gasteiger partial charge in [0, 0.05) is 0 Å². The van der Waals surface area contributed by atoms with E-state index < -0.39 is 27.2 Å². The van der Waals surface area contributed by atoms with Crippen LogP contribution >= 0.6 is 12.2 Å². The number of aromatic nitrogens is 3. The first-order chi connectivity index (χ1) is 18.3. The van der Waals surface area contributed by atoms with Crippen LogP contribution < -0.4 is 5.01 Å². The number of fused-ring (bicyclic) bond motifs is 1. The SMILES string of the molecule is CCCCCCCCCCCCCCCCC(c1n[nH]c(=S)n1N1C(=O)c2ccccc2C1=O)S(=O)(=O)O. The van der Waals surface area contributed by atoms with Crippen molar-refractivity contribution >= 4 is 34.2 Å². The molecular formula is C27H40N4O5S2. The van der Waals surface area contributed by atoms with Crippen molar-refractivity contribution in [1.82, 2.24) is 14.9 Å². The molecule has 1 aliphatic heterocycles. The molecule has 1 unspecified atom stereocenters. The van der Waals surface area contributed by atoms with Crippen LogP contribution in [0.2, 0.25) is 0 Å². The van der Waals surface area contributed by atoms with Gasteiger partial charge in [0.1, 0.15) is 5.25 Å². The number of H-pyrrole nitrogens is 1. The second-order valence-electron chi connectivity index (χ2n) is 10.1. The summed E-state index contributed by atoms with van der Waals surface area (Å²) < 4.78 is 35.5. The molecule has 38 heavy (non-hydrogen) atoms. The first-order valence-electron chi connectivity index (χ1n) is 13.9. The molecule has 2 heterocycles. The number of carbonyl (C=O) groups excluding carboxylic acids is 2. The van der Waals surface area contributed by atoms with Crippen molar-refractivity contribution in [3.05, 3.63) is 46.0 Å². The standard InChI is InChI=1S/C27H40N4O5S2/c1-2-3-4-5-6-7-8-9-10-11-12-13-14-15-20-23(38(34,35)36)24-28-29-27(37)30(24)31-25(32)21-18-16-17-19-22(21)26(31)33/h16-19,23H,2-15,20H2,1H3,(H,29,37)(H,34,35,36). The van der Waals surface area contributed by atoms with Crippen LogP contribution in [0, 0.1) is 4.77 Å². The van der Waals surface area contributed by atoms with Crippen molar-refractivity contribution in [2.75, 3.05) is 5.01 Å². The van der Waals surface area contributed by atoms with Crippen molar-refractivity contribution in [3.8, 4) is 0 Å². The highest BCUT2D eigenvalue weighted by atomic mass is 32.2. The van der Waals surface area contributed by atoms with E-state index >= 15 is 0 Å². The Morgan fingerprint density at radius 3 is 1.74 bits per heavy atom. The maximum atomic E-state index is 13.0. The molecule has 2 aromatic rings. The Kier molecular flexibility index (Phi) is 11.7. The van der Waals surface area contributed by atoms with Gasteiger partial charge in [-0.25, -0.2) is 0 Å². The molecule has 3 rings (SSSR count). The highest BCUT2D eigenvalue weighted by Gasteiger charge is 2.41. The maximum absolute atomic E-state index is 13.0. The normalized spacial score (nSPS) is 14.3. The highest BCUT2D eigenvalue weighted by molar-refractivity contribution is 7.86. The van der Waals surface area contributed by atoms with E-state index in [0.29, 0.717) is 6.42 Å². The van der Waals surface area contributed by atoms with Crippen LogP contribution in [0.5, 0.6) is 0 Å². The Hall–Kier alpha value is -2.37. The minimum Gasteiger partial charge on any atom is -0.285 e. The van der Waals surface area contributed by atoms with Crippen LogP contribution in [0.25, 0.3) is 0 Å². The van der Waals surface area contributed by atoms with Gasteiger partial charge in [-0.15, -0.1) is 0 Å². The summed E-state index contributed by atoms with van der Waals surface area (Å²) in [5, 5.41) is 5.85. The summed E-state index contributed by atoms with van der Waals surface area (Å²) in [7, 11) is -4.58. The third-order valence-corrected chi connectivity index (χ3v) is 8.55. The van der Waals surface area contributed by atoms with Gasteiger partial charge in [0.2, 0.25) is 4.77 Å². The predicted molar refractivity (Wildman–Crippen MR) is 150 cm³/mol. The molecular weight excluding hydrogens is 524 g/mol.